The molecule has 3 heteroatoms. The van der Waals surface area contributed by atoms with Gasteiger partial charge in [-0.15, -0.1) is 6.58 Å². The molecule has 10 heavy (non-hydrogen) atoms. The summed E-state index contributed by atoms with van der Waals surface area (Å²) in [5.74, 6) is -0.329. The fourth-order valence-corrected chi connectivity index (χ4v) is 0.416. The minimum atomic E-state index is -0.329. The summed E-state index contributed by atoms with van der Waals surface area (Å²) in [5, 5.41) is 0. The highest BCUT2D eigenvalue weighted by atomic mass is 16.6. The van der Waals surface area contributed by atoms with E-state index in [9.17, 15) is 4.79 Å². The van der Waals surface area contributed by atoms with Crippen molar-refractivity contribution in [2.45, 2.75) is 6.42 Å². The minimum absolute atomic E-state index is 0.0249. The largest absolute Gasteiger partial charge is 0.464 e. The number of rotatable bonds is 5. The van der Waals surface area contributed by atoms with Gasteiger partial charge in [-0.1, -0.05) is 6.08 Å². The molecule has 0 saturated carbocycles. The van der Waals surface area contributed by atoms with E-state index in [1.165, 1.54) is 7.11 Å². The summed E-state index contributed by atoms with van der Waals surface area (Å²) < 4.78 is 9.22. The lowest BCUT2D eigenvalue weighted by molar-refractivity contribution is -0.147. The van der Waals surface area contributed by atoms with Crippen LogP contribution in [0.1, 0.15) is 6.42 Å². The predicted molar refractivity (Wildman–Crippen MR) is 37.6 cm³/mol. The van der Waals surface area contributed by atoms with Gasteiger partial charge in [-0.3, -0.25) is 0 Å². The number of methoxy groups -OCH3 is 1. The van der Waals surface area contributed by atoms with Crippen molar-refractivity contribution in [1.82, 2.24) is 0 Å². The van der Waals surface area contributed by atoms with Gasteiger partial charge in [0.05, 0.1) is 6.61 Å². The second-order valence-corrected chi connectivity index (χ2v) is 1.73. The van der Waals surface area contributed by atoms with Gasteiger partial charge in [0.15, 0.2) is 0 Å². The number of ether oxygens (including phenoxy) is 2. The normalized spacial score (nSPS) is 8.90. The highest BCUT2D eigenvalue weighted by Gasteiger charge is 1.98. The zero-order valence-electron chi connectivity index (χ0n) is 6.13. The van der Waals surface area contributed by atoms with E-state index in [1.54, 1.807) is 6.08 Å². The number of esters is 1. The van der Waals surface area contributed by atoms with E-state index >= 15 is 0 Å². The predicted octanol–water partition coefficient (Wildman–Crippen LogP) is 0.752. The van der Waals surface area contributed by atoms with Gasteiger partial charge in [-0.05, 0) is 6.42 Å². The van der Waals surface area contributed by atoms with Gasteiger partial charge in [0.25, 0.3) is 0 Å². The fourth-order valence-electron chi connectivity index (χ4n) is 0.416. The molecule has 0 rings (SSSR count). The van der Waals surface area contributed by atoms with Crippen LogP contribution in [0, 0.1) is 0 Å². The topological polar surface area (TPSA) is 35.5 Å². The Balaban J connectivity index is 3.13. The average Bonchev–Trinajstić information content (AvgIpc) is 1.89. The second kappa shape index (κ2) is 6.29. The Bertz CT molecular complexity index is 109. The minimum Gasteiger partial charge on any atom is -0.464 e. The van der Waals surface area contributed by atoms with Crippen LogP contribution in [0.25, 0.3) is 0 Å². The summed E-state index contributed by atoms with van der Waals surface area (Å²) >= 11 is 0. The molecular formula is C7H12O3. The van der Waals surface area contributed by atoms with E-state index in [1.807, 2.05) is 0 Å². The summed E-state index contributed by atoms with van der Waals surface area (Å²) in [6.45, 7) is 3.90. The van der Waals surface area contributed by atoms with E-state index in [2.05, 4.69) is 16.1 Å². The Labute approximate surface area is 60.6 Å². The molecule has 0 spiro atoms. The van der Waals surface area contributed by atoms with Gasteiger partial charge in [-0.2, -0.15) is 0 Å². The zero-order valence-corrected chi connectivity index (χ0v) is 6.13. The lowest BCUT2D eigenvalue weighted by atomic mass is 10.5. The molecule has 58 valence electrons. The summed E-state index contributed by atoms with van der Waals surface area (Å²) in [7, 11) is 1.45. The Morgan fingerprint density at radius 3 is 2.90 bits per heavy atom. The van der Waals surface area contributed by atoms with Gasteiger partial charge in [0.1, 0.15) is 6.61 Å². The molecule has 0 fully saturated rings. The molecule has 0 aliphatic rings. The van der Waals surface area contributed by atoms with E-state index in [0.29, 0.717) is 13.0 Å². The summed E-state index contributed by atoms with van der Waals surface area (Å²) in [6.07, 6.45) is 2.38. The molecule has 0 aliphatic heterocycles. The van der Waals surface area contributed by atoms with Crippen molar-refractivity contribution in [3.8, 4) is 0 Å². The molecule has 0 unspecified atom stereocenters. The first kappa shape index (κ1) is 9.17. The van der Waals surface area contributed by atoms with Gasteiger partial charge in [0.2, 0.25) is 0 Å². The van der Waals surface area contributed by atoms with Crippen LogP contribution in [0.2, 0.25) is 0 Å². The lowest BCUT2D eigenvalue weighted by Gasteiger charge is -2.00. The highest BCUT2D eigenvalue weighted by Crippen LogP contribution is 1.84. The monoisotopic (exact) mass is 144 g/mol. The van der Waals surface area contributed by atoms with Gasteiger partial charge >= 0.3 is 5.97 Å². The molecule has 0 amide bonds. The standard InChI is InChI=1S/C7H12O3/c1-3-4-5-10-7(8)6-9-2/h3H,1,4-6H2,2H3. The molecule has 0 saturated heterocycles. The molecule has 0 radical (unpaired) electrons. The van der Waals surface area contributed by atoms with E-state index in [0.717, 1.165) is 0 Å². The summed E-state index contributed by atoms with van der Waals surface area (Å²) in [6, 6.07) is 0. The number of hydrogen-bond donors (Lipinski definition) is 0. The third-order valence-electron chi connectivity index (χ3n) is 0.847. The second-order valence-electron chi connectivity index (χ2n) is 1.73. The van der Waals surface area contributed by atoms with Crippen LogP contribution in [0.4, 0.5) is 0 Å². The Morgan fingerprint density at radius 1 is 1.70 bits per heavy atom. The first-order valence-electron chi connectivity index (χ1n) is 3.06. The van der Waals surface area contributed by atoms with Crippen LogP contribution < -0.4 is 0 Å². The molecule has 0 bridgehead atoms. The van der Waals surface area contributed by atoms with Crippen molar-refractivity contribution in [2.24, 2.45) is 0 Å². The molecule has 0 aromatic carbocycles. The van der Waals surface area contributed by atoms with Gasteiger partial charge in [0, 0.05) is 7.11 Å². The molecule has 0 aromatic heterocycles. The van der Waals surface area contributed by atoms with E-state index < -0.39 is 0 Å². The maximum Gasteiger partial charge on any atom is 0.332 e. The van der Waals surface area contributed by atoms with Crippen LogP contribution in [-0.4, -0.2) is 26.3 Å². The first-order valence-corrected chi connectivity index (χ1v) is 3.06. The number of hydrogen-bond acceptors (Lipinski definition) is 3. The smallest absolute Gasteiger partial charge is 0.332 e. The molecule has 0 N–H and O–H groups in total. The summed E-state index contributed by atoms with van der Waals surface area (Å²) in [5.41, 5.74) is 0. The Hall–Kier alpha value is -0.830. The summed E-state index contributed by atoms with van der Waals surface area (Å²) in [4.78, 5) is 10.5. The fraction of sp³-hybridized carbons (Fsp3) is 0.571. The molecule has 3 nitrogen and oxygen atoms in total. The van der Waals surface area contributed by atoms with Crippen LogP contribution in [0.5, 0.6) is 0 Å². The van der Waals surface area contributed by atoms with Gasteiger partial charge < -0.3 is 9.47 Å². The molecule has 0 heterocycles. The highest BCUT2D eigenvalue weighted by molar-refractivity contribution is 5.70. The van der Waals surface area contributed by atoms with Crippen molar-refractivity contribution in [2.75, 3.05) is 20.3 Å². The number of carbonyl (C=O) groups excluding carboxylic acids is 1. The Morgan fingerprint density at radius 2 is 2.40 bits per heavy atom. The molecule has 0 atom stereocenters. The average molecular weight is 144 g/mol. The third-order valence-corrected chi connectivity index (χ3v) is 0.847. The van der Waals surface area contributed by atoms with Crippen molar-refractivity contribution in [3.05, 3.63) is 12.7 Å². The lowest BCUT2D eigenvalue weighted by Crippen LogP contribution is -2.11. The molecule has 0 aromatic rings. The molecular weight excluding hydrogens is 132 g/mol. The van der Waals surface area contributed by atoms with Crippen molar-refractivity contribution in [3.63, 3.8) is 0 Å². The maximum absolute atomic E-state index is 10.5. The van der Waals surface area contributed by atoms with Crippen molar-refractivity contribution >= 4 is 5.97 Å². The van der Waals surface area contributed by atoms with E-state index in [4.69, 9.17) is 0 Å². The number of carbonyl (C=O) groups is 1. The van der Waals surface area contributed by atoms with Gasteiger partial charge in [-0.25, -0.2) is 4.79 Å². The Kier molecular flexibility index (Phi) is 5.77. The third kappa shape index (κ3) is 5.31. The van der Waals surface area contributed by atoms with Crippen molar-refractivity contribution < 1.29 is 14.3 Å². The first-order chi connectivity index (χ1) is 4.81. The quantitative estimate of drug-likeness (QED) is 0.324. The zero-order chi connectivity index (χ0) is 7.82. The van der Waals surface area contributed by atoms with E-state index in [-0.39, 0.29) is 12.6 Å². The van der Waals surface area contributed by atoms with Crippen LogP contribution in [0.15, 0.2) is 12.7 Å². The maximum atomic E-state index is 10.5. The van der Waals surface area contributed by atoms with Crippen LogP contribution >= 0.6 is 0 Å². The molecule has 0 aliphatic carbocycles. The van der Waals surface area contributed by atoms with Crippen LogP contribution in [-0.2, 0) is 14.3 Å². The van der Waals surface area contributed by atoms with Crippen LogP contribution in [0.3, 0.4) is 0 Å². The SMILES string of the molecule is C=CCCOC(=O)COC. The van der Waals surface area contributed by atoms with Crippen molar-refractivity contribution in [1.29, 1.82) is 0 Å².